The van der Waals surface area contributed by atoms with Crippen molar-refractivity contribution in [2.45, 2.75) is 18.4 Å². The van der Waals surface area contributed by atoms with E-state index >= 15 is 0 Å². The Morgan fingerprint density at radius 3 is 2.00 bits per heavy atom. The van der Waals surface area contributed by atoms with Crippen molar-refractivity contribution < 1.29 is 21.6 Å². The average molecular weight is 525 g/mol. The number of halogens is 2. The van der Waals surface area contributed by atoms with Crippen molar-refractivity contribution in [1.82, 2.24) is 12.3 Å². The van der Waals surface area contributed by atoms with Crippen molar-refractivity contribution in [3.05, 3.63) is 54.1 Å². The van der Waals surface area contributed by atoms with E-state index in [-0.39, 0.29) is 12.3 Å². The molecule has 0 spiro atoms. The van der Waals surface area contributed by atoms with Gasteiger partial charge in [-0.2, -0.15) is 0 Å². The van der Waals surface area contributed by atoms with Crippen LogP contribution in [0.5, 0.6) is 5.75 Å². The molecule has 3 rings (SSSR count). The molecule has 0 amide bonds. The number of hydrogen-bond donors (Lipinski definition) is 4. The van der Waals surface area contributed by atoms with Crippen molar-refractivity contribution >= 4 is 18.8 Å². The van der Waals surface area contributed by atoms with Gasteiger partial charge in [-0.3, -0.25) is 0 Å². The van der Waals surface area contributed by atoms with E-state index in [2.05, 4.69) is 24.3 Å². The van der Waals surface area contributed by atoms with Crippen LogP contribution in [-0.4, -0.2) is 11.1 Å². The van der Waals surface area contributed by atoms with Crippen LogP contribution in [0.3, 0.4) is 0 Å². The quantitative estimate of drug-likeness (QED) is 0.460. The van der Waals surface area contributed by atoms with Crippen LogP contribution in [-0.2, 0) is 16.5 Å². The van der Waals surface area contributed by atoms with E-state index in [9.17, 15) is 5.11 Å². The molecule has 0 aliphatic heterocycles. The minimum absolute atomic E-state index is 0. The van der Waals surface area contributed by atoms with Crippen molar-refractivity contribution in [1.29, 1.82) is 0 Å². The fraction of sp³-hybridized carbons (Fsp3) is 0.200. The Labute approximate surface area is 147 Å². The molecule has 4 nitrogen and oxygen atoms in total. The molecule has 1 fully saturated rings. The second kappa shape index (κ2) is 10.2. The first kappa shape index (κ1) is 21.4. The molecule has 9 N–H and O–H groups in total. The number of hydrogen-bond acceptors (Lipinski definition) is 4. The molecular formula is C15H21Cl2N3OPt+2. The molecule has 1 aliphatic rings. The fourth-order valence-corrected chi connectivity index (χ4v) is 2.21. The maximum atomic E-state index is 9.45. The molecule has 2 aromatic rings. The van der Waals surface area contributed by atoms with E-state index in [0.29, 0.717) is 17.7 Å². The molecule has 1 aliphatic carbocycles. The van der Waals surface area contributed by atoms with Gasteiger partial charge in [0.25, 0.3) is 0 Å². The summed E-state index contributed by atoms with van der Waals surface area (Å²) in [7, 11) is 9.75. The summed E-state index contributed by atoms with van der Waals surface area (Å²) >= 11 is -0.472. The van der Waals surface area contributed by atoms with E-state index in [1.165, 1.54) is 5.56 Å². The third-order valence-corrected chi connectivity index (χ3v) is 3.36. The van der Waals surface area contributed by atoms with E-state index < -0.39 is 16.5 Å². The van der Waals surface area contributed by atoms with E-state index in [4.69, 9.17) is 24.6 Å². The monoisotopic (exact) mass is 524 g/mol. The van der Waals surface area contributed by atoms with Crippen LogP contribution in [0.4, 0.5) is 0 Å². The first-order chi connectivity index (χ1) is 9.65. The molecular weight excluding hydrogens is 504 g/mol. The SMILES string of the molecule is N.N.NC1CC1c1ccc(-c2cccc(O)c2)cc1.[Cl][Pt+2][Cl]. The Morgan fingerprint density at radius 1 is 1.00 bits per heavy atom. The van der Waals surface area contributed by atoms with Crippen LogP contribution in [0.25, 0.3) is 11.1 Å². The molecule has 7 heteroatoms. The summed E-state index contributed by atoms with van der Waals surface area (Å²) in [6, 6.07) is 16.1. The first-order valence-electron chi connectivity index (χ1n) is 6.13. The van der Waals surface area contributed by atoms with Gasteiger partial charge in [-0.25, -0.2) is 0 Å². The molecule has 2 unspecified atom stereocenters. The predicted molar refractivity (Wildman–Crippen MR) is 90.6 cm³/mol. The van der Waals surface area contributed by atoms with Crippen molar-refractivity contribution in [3.8, 4) is 16.9 Å². The van der Waals surface area contributed by atoms with E-state index in [1.807, 2.05) is 12.1 Å². The summed E-state index contributed by atoms with van der Waals surface area (Å²) in [5.41, 5.74) is 9.32. The van der Waals surface area contributed by atoms with Crippen LogP contribution in [0, 0.1) is 0 Å². The van der Waals surface area contributed by atoms with Crippen molar-refractivity contribution in [2.24, 2.45) is 5.73 Å². The van der Waals surface area contributed by atoms with Gasteiger partial charge in [0, 0.05) is 12.0 Å². The Kier molecular flexibility index (Phi) is 9.93. The van der Waals surface area contributed by atoms with Crippen LogP contribution in [0.2, 0.25) is 0 Å². The summed E-state index contributed by atoms with van der Waals surface area (Å²) in [5, 5.41) is 9.45. The van der Waals surface area contributed by atoms with E-state index in [0.717, 1.165) is 17.5 Å². The minimum atomic E-state index is -0.472. The fourth-order valence-electron chi connectivity index (χ4n) is 2.21. The standard InChI is InChI=1S/C15H15NO.2ClH.2H3N.Pt/c16-15-9-14(15)11-6-4-10(5-7-11)12-2-1-3-13(17)8-12;;;;;/h1-8,14-15,17H,9,16H2;2*1H;2*1H3;/q;;;;;+4/p-2. The zero-order chi connectivity index (χ0) is 14.5. The van der Waals surface area contributed by atoms with Gasteiger partial charge >= 0.3 is 35.3 Å². The number of rotatable bonds is 2. The molecule has 2 aromatic carbocycles. The summed E-state index contributed by atoms with van der Waals surface area (Å²) in [4.78, 5) is 0. The van der Waals surface area contributed by atoms with Crippen LogP contribution in [0.1, 0.15) is 17.9 Å². The topological polar surface area (TPSA) is 116 Å². The third-order valence-electron chi connectivity index (χ3n) is 3.36. The molecule has 0 saturated heterocycles. The van der Waals surface area contributed by atoms with Gasteiger partial charge in [0.2, 0.25) is 0 Å². The van der Waals surface area contributed by atoms with Gasteiger partial charge < -0.3 is 23.1 Å². The van der Waals surface area contributed by atoms with Gasteiger partial charge in [0.15, 0.2) is 0 Å². The number of phenols is 1. The van der Waals surface area contributed by atoms with Gasteiger partial charge in [-0.1, -0.05) is 36.4 Å². The predicted octanol–water partition coefficient (Wildman–Crippen LogP) is 4.57. The molecule has 22 heavy (non-hydrogen) atoms. The number of nitrogens with two attached hydrogens (primary N) is 1. The van der Waals surface area contributed by atoms with Gasteiger partial charge in [0.1, 0.15) is 5.75 Å². The summed E-state index contributed by atoms with van der Waals surface area (Å²) in [6.45, 7) is 0. The third kappa shape index (κ3) is 5.88. The number of aromatic hydroxyl groups is 1. The van der Waals surface area contributed by atoms with Crippen LogP contribution < -0.4 is 18.0 Å². The first-order valence-corrected chi connectivity index (χ1v) is 11.8. The molecule has 0 radical (unpaired) electrons. The Hall–Kier alpha value is -0.612. The summed E-state index contributed by atoms with van der Waals surface area (Å²) in [6.07, 6.45) is 1.10. The van der Waals surface area contributed by atoms with Gasteiger partial charge in [0.05, 0.1) is 0 Å². The van der Waals surface area contributed by atoms with Crippen molar-refractivity contribution in [3.63, 3.8) is 0 Å². The molecule has 124 valence electrons. The second-order valence-electron chi connectivity index (χ2n) is 4.72. The van der Waals surface area contributed by atoms with Crippen LogP contribution in [0.15, 0.2) is 48.5 Å². The normalized spacial score (nSPS) is 18.3. The molecule has 0 bridgehead atoms. The van der Waals surface area contributed by atoms with Gasteiger partial charge in [-0.15, -0.1) is 0 Å². The molecule has 1 saturated carbocycles. The maximum absolute atomic E-state index is 9.45. The average Bonchev–Trinajstić information content (AvgIpc) is 3.17. The summed E-state index contributed by atoms with van der Waals surface area (Å²) < 4.78 is 0. The van der Waals surface area contributed by atoms with Gasteiger partial charge in [-0.05, 0) is 35.2 Å². The Bertz CT molecular complexity index is 569. The zero-order valence-electron chi connectivity index (χ0n) is 12.0. The van der Waals surface area contributed by atoms with Crippen LogP contribution >= 0.6 is 18.8 Å². The Morgan fingerprint density at radius 2 is 1.55 bits per heavy atom. The Balaban J connectivity index is 0.000000820. The molecule has 0 heterocycles. The van der Waals surface area contributed by atoms with Crippen molar-refractivity contribution in [2.75, 3.05) is 0 Å². The molecule has 0 aromatic heterocycles. The second-order valence-corrected chi connectivity index (χ2v) is 8.01. The molecule has 2 atom stereocenters. The number of benzene rings is 2. The summed E-state index contributed by atoms with van der Waals surface area (Å²) in [5.74, 6) is 0.851. The zero-order valence-corrected chi connectivity index (χ0v) is 15.8. The van der Waals surface area contributed by atoms with E-state index in [1.54, 1.807) is 12.1 Å². The number of phenolic OH excluding ortho intramolecular Hbond substituents is 1.